The molecule has 0 saturated carbocycles. The van der Waals surface area contributed by atoms with Crippen molar-refractivity contribution in [3.8, 4) is 22.9 Å². The Kier molecular flexibility index (Phi) is 9.88. The van der Waals surface area contributed by atoms with Crippen LogP contribution in [0.4, 0.5) is 24.5 Å². The zero-order valence-corrected chi connectivity index (χ0v) is 24.6. The molecule has 44 heavy (non-hydrogen) atoms. The number of hydrogen-bond acceptors (Lipinski definition) is 7. The third kappa shape index (κ3) is 7.16. The molecule has 230 valence electrons. The minimum absolute atomic E-state index is 0.0175. The van der Waals surface area contributed by atoms with E-state index in [-0.39, 0.29) is 30.6 Å². The Morgan fingerprint density at radius 3 is 2.09 bits per heavy atom. The molecule has 9 nitrogen and oxygen atoms in total. The summed E-state index contributed by atoms with van der Waals surface area (Å²) in [6.07, 6.45) is -4.78. The van der Waals surface area contributed by atoms with E-state index in [1.54, 1.807) is 49.1 Å². The van der Waals surface area contributed by atoms with E-state index < -0.39 is 34.7 Å². The average molecular weight is 628 g/mol. The highest BCUT2D eigenvalue weighted by Crippen LogP contribution is 2.40. The van der Waals surface area contributed by atoms with Crippen molar-refractivity contribution in [3.05, 3.63) is 77.9 Å². The number of halogens is 3. The first kappa shape index (κ1) is 32.4. The number of carboxylic acid groups (broad SMARTS) is 1. The summed E-state index contributed by atoms with van der Waals surface area (Å²) >= 11 is 5.60. The summed E-state index contributed by atoms with van der Waals surface area (Å²) in [6.45, 7) is 3.95. The molecular weight excluding hydrogens is 599 g/mol. The van der Waals surface area contributed by atoms with E-state index in [0.717, 1.165) is 28.2 Å². The maximum Gasteiger partial charge on any atom is 0.417 e. The van der Waals surface area contributed by atoms with E-state index in [1.165, 1.54) is 6.07 Å². The fourth-order valence-corrected chi connectivity index (χ4v) is 5.13. The third-order valence-corrected chi connectivity index (χ3v) is 7.13. The predicted octanol–water partition coefficient (Wildman–Crippen LogP) is 5.66. The van der Waals surface area contributed by atoms with Crippen LogP contribution in [-0.4, -0.2) is 60.7 Å². The third-order valence-electron chi connectivity index (χ3n) is 6.76. The van der Waals surface area contributed by atoms with E-state index in [1.807, 2.05) is 24.3 Å². The van der Waals surface area contributed by atoms with Gasteiger partial charge in [-0.05, 0) is 79.7 Å². The molecule has 1 saturated heterocycles. The molecule has 3 aromatic carbocycles. The topological polar surface area (TPSA) is 112 Å². The maximum absolute atomic E-state index is 13.6. The van der Waals surface area contributed by atoms with E-state index in [0.29, 0.717) is 24.7 Å². The number of aliphatic carboxylic acids is 1. The van der Waals surface area contributed by atoms with Crippen LogP contribution in [0, 0.1) is 11.3 Å². The van der Waals surface area contributed by atoms with Crippen LogP contribution in [0.1, 0.15) is 25.0 Å². The second-order valence-corrected chi connectivity index (χ2v) is 10.5. The number of nitriles is 1. The lowest BCUT2D eigenvalue weighted by Crippen LogP contribution is -2.44. The molecule has 0 spiro atoms. The summed E-state index contributed by atoms with van der Waals surface area (Å²) in [5, 5.41) is 17.7. The van der Waals surface area contributed by atoms with Gasteiger partial charge in [0.1, 0.15) is 24.5 Å². The molecule has 3 aromatic rings. The van der Waals surface area contributed by atoms with Crippen molar-refractivity contribution in [1.82, 2.24) is 0 Å². The summed E-state index contributed by atoms with van der Waals surface area (Å²) in [5.41, 5.74) is -0.601. The number of carboxylic acids is 1. The fraction of sp³-hybridized carbons (Fsp3) is 0.290. The summed E-state index contributed by atoms with van der Waals surface area (Å²) in [7, 11) is 0. The lowest BCUT2D eigenvalue weighted by molar-refractivity contribution is -0.142. The molecule has 0 unspecified atom stereocenters. The van der Waals surface area contributed by atoms with E-state index in [9.17, 15) is 22.8 Å². The predicted molar refractivity (Wildman–Crippen MR) is 159 cm³/mol. The van der Waals surface area contributed by atoms with Crippen molar-refractivity contribution in [2.24, 2.45) is 0 Å². The number of benzene rings is 3. The number of carbonyl (C=O) groups is 2. The largest absolute Gasteiger partial charge is 0.491 e. The highest BCUT2D eigenvalue weighted by molar-refractivity contribution is 7.81. The lowest BCUT2D eigenvalue weighted by Gasteiger charge is -2.29. The quantitative estimate of drug-likeness (QED) is 0.201. The number of carbonyl (C=O) groups excluding carboxylic acids is 1. The molecule has 1 aliphatic rings. The summed E-state index contributed by atoms with van der Waals surface area (Å²) < 4.78 is 56.7. The number of thiocarbonyl (C=S) groups is 1. The van der Waals surface area contributed by atoms with E-state index in [4.69, 9.17) is 36.8 Å². The summed E-state index contributed by atoms with van der Waals surface area (Å²) in [6, 6.07) is 19.2. The number of rotatable bonds is 12. The van der Waals surface area contributed by atoms with Crippen LogP contribution < -0.4 is 14.5 Å². The molecule has 13 heteroatoms. The Labute approximate surface area is 257 Å². The van der Waals surface area contributed by atoms with Gasteiger partial charge in [0.25, 0.3) is 5.91 Å². The monoisotopic (exact) mass is 627 g/mol. The smallest absolute Gasteiger partial charge is 0.417 e. The molecule has 1 fully saturated rings. The van der Waals surface area contributed by atoms with Gasteiger partial charge in [0, 0.05) is 5.69 Å². The van der Waals surface area contributed by atoms with Crippen molar-refractivity contribution in [1.29, 1.82) is 5.26 Å². The molecule has 0 aliphatic carbocycles. The van der Waals surface area contributed by atoms with Crippen LogP contribution in [0.2, 0.25) is 0 Å². The Morgan fingerprint density at radius 1 is 0.932 bits per heavy atom. The van der Waals surface area contributed by atoms with Gasteiger partial charge in [0.2, 0.25) is 0 Å². The number of alkyl halides is 3. The first-order valence-electron chi connectivity index (χ1n) is 13.3. The van der Waals surface area contributed by atoms with Gasteiger partial charge >= 0.3 is 12.1 Å². The van der Waals surface area contributed by atoms with Crippen molar-refractivity contribution >= 4 is 40.6 Å². The standard InChI is InChI=1S/C31H28F3N3O6S/c1-30(2)28(40)36(24-10-5-22(18-35)26(17-24)31(32,33)34)29(44)37(30)23-8-3-20(4-9-23)21-6-11-25(12-7-21)43-16-15-41-13-14-42-19-27(38)39/h3-12,17H,13-16,19H2,1-2H3,(H,38,39). The van der Waals surface area contributed by atoms with Crippen molar-refractivity contribution in [2.75, 3.05) is 42.8 Å². The second-order valence-electron chi connectivity index (χ2n) is 10.1. The Hall–Kier alpha value is -4.51. The average Bonchev–Trinajstić information content (AvgIpc) is 3.16. The lowest BCUT2D eigenvalue weighted by atomic mass is 10.0. The van der Waals surface area contributed by atoms with E-state index in [2.05, 4.69) is 0 Å². The number of amides is 1. The fourth-order valence-electron chi connectivity index (χ4n) is 4.60. The van der Waals surface area contributed by atoms with Crippen molar-refractivity contribution in [2.45, 2.75) is 25.6 Å². The number of hydrogen-bond donors (Lipinski definition) is 1. The number of anilines is 2. The van der Waals surface area contributed by atoms with Gasteiger partial charge in [-0.2, -0.15) is 18.4 Å². The zero-order chi connectivity index (χ0) is 32.1. The Balaban J connectivity index is 1.42. The summed E-state index contributed by atoms with van der Waals surface area (Å²) in [5.74, 6) is -0.905. The van der Waals surface area contributed by atoms with Gasteiger partial charge in [-0.15, -0.1) is 0 Å². The normalized spacial score (nSPS) is 14.5. The van der Waals surface area contributed by atoms with Crippen LogP contribution in [-0.2, 0) is 25.2 Å². The van der Waals surface area contributed by atoms with Crippen LogP contribution in [0.25, 0.3) is 11.1 Å². The van der Waals surface area contributed by atoms with Gasteiger partial charge in [-0.25, -0.2) is 4.79 Å². The molecule has 0 bridgehead atoms. The molecule has 0 radical (unpaired) electrons. The van der Waals surface area contributed by atoms with Gasteiger partial charge < -0.3 is 24.2 Å². The molecule has 0 atom stereocenters. The first-order valence-corrected chi connectivity index (χ1v) is 13.8. The minimum atomic E-state index is -4.78. The highest BCUT2D eigenvalue weighted by atomic mass is 32.1. The van der Waals surface area contributed by atoms with Gasteiger partial charge in [-0.1, -0.05) is 24.3 Å². The van der Waals surface area contributed by atoms with Gasteiger partial charge in [0.05, 0.1) is 42.7 Å². The summed E-state index contributed by atoms with van der Waals surface area (Å²) in [4.78, 5) is 26.5. The number of nitrogens with zero attached hydrogens (tertiary/aromatic N) is 3. The van der Waals surface area contributed by atoms with Gasteiger partial charge in [-0.3, -0.25) is 9.69 Å². The number of ether oxygens (including phenoxy) is 3. The SMILES string of the molecule is CC1(C)C(=O)N(c2ccc(C#N)c(C(F)(F)F)c2)C(=S)N1c1ccc(-c2ccc(OCCOCCOCC(=O)O)cc2)cc1. The van der Waals surface area contributed by atoms with Crippen molar-refractivity contribution < 1.29 is 42.1 Å². The van der Waals surface area contributed by atoms with Crippen LogP contribution in [0.15, 0.2) is 66.7 Å². The molecule has 1 amide bonds. The van der Waals surface area contributed by atoms with Crippen LogP contribution in [0.3, 0.4) is 0 Å². The van der Waals surface area contributed by atoms with Crippen LogP contribution in [0.5, 0.6) is 5.75 Å². The Morgan fingerprint density at radius 2 is 1.50 bits per heavy atom. The maximum atomic E-state index is 13.6. The molecule has 1 heterocycles. The molecule has 4 rings (SSSR count). The minimum Gasteiger partial charge on any atom is -0.491 e. The zero-order valence-electron chi connectivity index (χ0n) is 23.8. The van der Waals surface area contributed by atoms with E-state index >= 15 is 0 Å². The van der Waals surface area contributed by atoms with Gasteiger partial charge in [0.15, 0.2) is 5.11 Å². The molecule has 0 aromatic heterocycles. The second kappa shape index (κ2) is 13.4. The van der Waals surface area contributed by atoms with Crippen molar-refractivity contribution in [3.63, 3.8) is 0 Å². The first-order chi connectivity index (χ1) is 20.8. The van der Waals surface area contributed by atoms with Crippen LogP contribution >= 0.6 is 12.2 Å². The molecular formula is C31H28F3N3O6S. The highest BCUT2D eigenvalue weighted by Gasteiger charge is 2.50. The molecule has 1 N–H and O–H groups in total. The molecule has 1 aliphatic heterocycles. The Bertz CT molecular complexity index is 1570.